The lowest BCUT2D eigenvalue weighted by Gasteiger charge is -2.26. The molecule has 0 bridgehead atoms. The molecule has 1 aromatic heterocycles. The highest BCUT2D eigenvalue weighted by molar-refractivity contribution is 7.15. The van der Waals surface area contributed by atoms with Crippen LogP contribution in [0.3, 0.4) is 0 Å². The van der Waals surface area contributed by atoms with Gasteiger partial charge in [0.2, 0.25) is 0 Å². The largest absolute Gasteiger partial charge is 0.493 e. The SMILES string of the molecule is Cc1sc(N2CCOCC2)nc1CCOc1[c]c(CNCC(=O)OC(C)C)ccc1. The van der Waals surface area contributed by atoms with Gasteiger partial charge in [0, 0.05) is 37.0 Å². The van der Waals surface area contributed by atoms with Gasteiger partial charge in [-0.05, 0) is 32.4 Å². The number of hydrogen-bond donors (Lipinski definition) is 1. The number of anilines is 1. The zero-order chi connectivity index (χ0) is 21.3. The second-order valence-corrected chi connectivity index (χ2v) is 8.56. The lowest BCUT2D eigenvalue weighted by Crippen LogP contribution is -2.36. The Bertz CT molecular complexity index is 818. The van der Waals surface area contributed by atoms with Gasteiger partial charge in [-0.3, -0.25) is 4.79 Å². The second kappa shape index (κ2) is 11.3. The third-order valence-corrected chi connectivity index (χ3v) is 5.61. The van der Waals surface area contributed by atoms with Gasteiger partial charge in [-0.15, -0.1) is 11.3 Å². The van der Waals surface area contributed by atoms with Crippen LogP contribution in [0, 0.1) is 13.0 Å². The highest BCUT2D eigenvalue weighted by Gasteiger charge is 2.16. The number of carbonyl (C=O) groups excluding carboxylic acids is 1. The molecular weight excluding hydrogens is 402 g/mol. The van der Waals surface area contributed by atoms with Gasteiger partial charge in [-0.25, -0.2) is 4.98 Å². The molecule has 2 heterocycles. The Balaban J connectivity index is 1.44. The van der Waals surface area contributed by atoms with E-state index in [1.807, 2.05) is 32.0 Å². The summed E-state index contributed by atoms with van der Waals surface area (Å²) in [5.41, 5.74) is 2.02. The predicted octanol–water partition coefficient (Wildman–Crippen LogP) is 2.75. The number of morpholine rings is 1. The fourth-order valence-electron chi connectivity index (χ4n) is 3.08. The van der Waals surface area contributed by atoms with Crippen molar-refractivity contribution >= 4 is 22.4 Å². The maximum atomic E-state index is 11.6. The molecule has 0 atom stereocenters. The van der Waals surface area contributed by atoms with E-state index >= 15 is 0 Å². The van der Waals surface area contributed by atoms with Gasteiger partial charge in [0.05, 0.1) is 38.2 Å². The van der Waals surface area contributed by atoms with Crippen molar-refractivity contribution in [2.75, 3.05) is 44.4 Å². The molecule has 30 heavy (non-hydrogen) atoms. The van der Waals surface area contributed by atoms with Crippen molar-refractivity contribution in [3.05, 3.63) is 40.4 Å². The molecule has 1 N–H and O–H groups in total. The third kappa shape index (κ3) is 6.97. The number of carbonyl (C=O) groups is 1. The summed E-state index contributed by atoms with van der Waals surface area (Å²) in [5.74, 6) is 0.438. The van der Waals surface area contributed by atoms with E-state index in [9.17, 15) is 4.79 Å². The Hall–Kier alpha value is -2.16. The van der Waals surface area contributed by atoms with Crippen LogP contribution in [0.5, 0.6) is 5.75 Å². The van der Waals surface area contributed by atoms with Crippen molar-refractivity contribution < 1.29 is 19.0 Å². The van der Waals surface area contributed by atoms with Crippen LogP contribution in [0.2, 0.25) is 0 Å². The van der Waals surface area contributed by atoms with Gasteiger partial charge >= 0.3 is 5.97 Å². The van der Waals surface area contributed by atoms with Crippen molar-refractivity contribution in [3.63, 3.8) is 0 Å². The fraction of sp³-hybridized carbons (Fsp3) is 0.545. The molecular formula is C22H30N3O4S. The van der Waals surface area contributed by atoms with Crippen LogP contribution in [-0.4, -0.2) is 56.5 Å². The summed E-state index contributed by atoms with van der Waals surface area (Å²) < 4.78 is 16.4. The van der Waals surface area contributed by atoms with Gasteiger partial charge in [-0.2, -0.15) is 0 Å². The highest BCUT2D eigenvalue weighted by atomic mass is 32.1. The molecule has 0 aliphatic carbocycles. The Morgan fingerprint density at radius 2 is 2.17 bits per heavy atom. The standard InChI is InChI=1S/C22H30N3O4S/c1-16(2)29-21(26)15-23-14-18-5-4-6-19(13-18)28-10-7-20-17(3)30-22(24-20)25-8-11-27-12-9-25/h4-6,16,23H,7-12,14-15H2,1-3H3. The minimum Gasteiger partial charge on any atom is -0.493 e. The third-order valence-electron chi connectivity index (χ3n) is 4.54. The number of nitrogens with one attached hydrogen (secondary N) is 1. The van der Waals surface area contributed by atoms with E-state index in [0.29, 0.717) is 18.9 Å². The smallest absolute Gasteiger partial charge is 0.320 e. The molecule has 0 saturated carbocycles. The number of thiazole rings is 1. The van der Waals surface area contributed by atoms with Gasteiger partial charge in [0.1, 0.15) is 5.75 Å². The summed E-state index contributed by atoms with van der Waals surface area (Å²) in [6.45, 7) is 10.3. The minimum atomic E-state index is -0.257. The Morgan fingerprint density at radius 3 is 2.93 bits per heavy atom. The number of esters is 1. The van der Waals surface area contributed by atoms with E-state index in [-0.39, 0.29) is 18.6 Å². The summed E-state index contributed by atoms with van der Waals surface area (Å²) in [4.78, 5) is 19.9. The van der Waals surface area contributed by atoms with Crippen molar-refractivity contribution in [2.24, 2.45) is 0 Å². The first-order valence-electron chi connectivity index (χ1n) is 10.3. The van der Waals surface area contributed by atoms with E-state index in [1.165, 1.54) is 4.88 Å². The maximum Gasteiger partial charge on any atom is 0.320 e. The van der Waals surface area contributed by atoms with Crippen molar-refractivity contribution in [1.82, 2.24) is 10.3 Å². The molecule has 0 amide bonds. The number of rotatable bonds is 10. The van der Waals surface area contributed by atoms with Gasteiger partial charge < -0.3 is 24.4 Å². The van der Waals surface area contributed by atoms with Gasteiger partial charge in [0.15, 0.2) is 5.13 Å². The van der Waals surface area contributed by atoms with Crippen LogP contribution >= 0.6 is 11.3 Å². The van der Waals surface area contributed by atoms with Gasteiger partial charge in [-0.1, -0.05) is 12.1 Å². The summed E-state index contributed by atoms with van der Waals surface area (Å²) >= 11 is 1.73. The second-order valence-electron chi connectivity index (χ2n) is 7.38. The molecule has 1 aliphatic rings. The number of benzene rings is 1. The minimum absolute atomic E-state index is 0.103. The molecule has 7 nitrogen and oxygen atoms in total. The average Bonchev–Trinajstić information content (AvgIpc) is 3.09. The highest BCUT2D eigenvalue weighted by Crippen LogP contribution is 2.26. The van der Waals surface area contributed by atoms with Crippen LogP contribution in [0.15, 0.2) is 18.2 Å². The van der Waals surface area contributed by atoms with Crippen LogP contribution in [0.4, 0.5) is 5.13 Å². The number of ether oxygens (including phenoxy) is 3. The van der Waals surface area contributed by atoms with Crippen molar-refractivity contribution in [1.29, 1.82) is 0 Å². The molecule has 2 aromatic rings. The number of aromatic nitrogens is 1. The molecule has 8 heteroatoms. The van der Waals surface area contributed by atoms with Crippen molar-refractivity contribution in [2.45, 2.75) is 39.8 Å². The van der Waals surface area contributed by atoms with E-state index in [1.54, 1.807) is 11.3 Å². The van der Waals surface area contributed by atoms with Crippen LogP contribution in [0.1, 0.15) is 30.0 Å². The topological polar surface area (TPSA) is 72.9 Å². The van der Waals surface area contributed by atoms with E-state index < -0.39 is 0 Å². The summed E-state index contributed by atoms with van der Waals surface area (Å²) in [6.07, 6.45) is 0.651. The number of aryl methyl sites for hydroxylation is 1. The maximum absolute atomic E-state index is 11.6. The lowest BCUT2D eigenvalue weighted by molar-refractivity contribution is -0.146. The Morgan fingerprint density at radius 1 is 1.37 bits per heavy atom. The Kier molecular flexibility index (Phi) is 8.48. The Labute approximate surface area is 182 Å². The van der Waals surface area contributed by atoms with E-state index in [0.717, 1.165) is 49.1 Å². The zero-order valence-electron chi connectivity index (χ0n) is 17.9. The first-order valence-corrected chi connectivity index (χ1v) is 11.2. The molecule has 0 unspecified atom stereocenters. The van der Waals surface area contributed by atoms with Gasteiger partial charge in [0.25, 0.3) is 0 Å². The first-order chi connectivity index (χ1) is 14.5. The normalized spacial score (nSPS) is 14.2. The molecule has 1 aromatic carbocycles. The molecule has 1 fully saturated rings. The molecule has 0 spiro atoms. The van der Waals surface area contributed by atoms with E-state index in [2.05, 4.69) is 23.2 Å². The van der Waals surface area contributed by atoms with Crippen molar-refractivity contribution in [3.8, 4) is 5.75 Å². The molecule has 163 valence electrons. The summed E-state index contributed by atoms with van der Waals surface area (Å²) in [7, 11) is 0. The molecule has 1 aliphatic heterocycles. The zero-order valence-corrected chi connectivity index (χ0v) is 18.7. The molecule has 1 saturated heterocycles. The van der Waals surface area contributed by atoms with Crippen LogP contribution in [0.25, 0.3) is 0 Å². The van der Waals surface area contributed by atoms with Crippen LogP contribution < -0.4 is 15.0 Å². The van der Waals surface area contributed by atoms with Crippen LogP contribution in [-0.2, 0) is 27.2 Å². The fourth-order valence-corrected chi connectivity index (χ4v) is 4.08. The number of nitrogens with zero attached hydrogens (tertiary/aromatic N) is 2. The monoisotopic (exact) mass is 432 g/mol. The molecule has 1 radical (unpaired) electrons. The summed E-state index contributed by atoms with van der Waals surface area (Å²) in [6, 6.07) is 9.01. The molecule has 3 rings (SSSR count). The average molecular weight is 433 g/mol. The number of hydrogen-bond acceptors (Lipinski definition) is 8. The van der Waals surface area contributed by atoms with E-state index in [4.69, 9.17) is 19.2 Å². The first kappa shape index (κ1) is 22.5. The predicted molar refractivity (Wildman–Crippen MR) is 117 cm³/mol. The summed E-state index contributed by atoms with van der Waals surface area (Å²) in [5, 5.41) is 4.14. The lowest BCUT2D eigenvalue weighted by atomic mass is 10.2. The quantitative estimate of drug-likeness (QED) is 0.579.